The van der Waals surface area contributed by atoms with Gasteiger partial charge in [0, 0.05) is 43.4 Å². The van der Waals surface area contributed by atoms with E-state index in [-0.39, 0.29) is 0 Å². The van der Waals surface area contributed by atoms with E-state index >= 15 is 0 Å². The van der Waals surface area contributed by atoms with Crippen molar-refractivity contribution in [2.75, 3.05) is 13.3 Å². The molecule has 1 aliphatic rings. The van der Waals surface area contributed by atoms with Gasteiger partial charge in [-0.1, -0.05) is 19.1 Å². The number of aromatic nitrogens is 2. The van der Waals surface area contributed by atoms with Crippen molar-refractivity contribution in [3.05, 3.63) is 52.6 Å². The van der Waals surface area contributed by atoms with Crippen LogP contribution in [-0.4, -0.2) is 28.1 Å². The van der Waals surface area contributed by atoms with E-state index < -0.39 is 0 Å². The summed E-state index contributed by atoms with van der Waals surface area (Å²) in [6, 6.07) is 6.21. The number of hydrogen-bond acceptors (Lipinski definition) is 4. The van der Waals surface area contributed by atoms with Gasteiger partial charge in [0.1, 0.15) is 18.3 Å². The van der Waals surface area contributed by atoms with Crippen LogP contribution in [0.25, 0.3) is 0 Å². The van der Waals surface area contributed by atoms with E-state index in [0.717, 1.165) is 43.9 Å². The lowest BCUT2D eigenvalue weighted by Crippen LogP contribution is -2.34. The van der Waals surface area contributed by atoms with Crippen molar-refractivity contribution in [3.8, 4) is 5.75 Å². The summed E-state index contributed by atoms with van der Waals surface area (Å²) in [5.41, 5.74) is 4.94. The molecule has 0 atom stereocenters. The van der Waals surface area contributed by atoms with Crippen LogP contribution in [0.2, 0.25) is 0 Å². The molecule has 4 nitrogen and oxygen atoms in total. The summed E-state index contributed by atoms with van der Waals surface area (Å²) < 4.78 is 6.02. The zero-order valence-corrected chi connectivity index (χ0v) is 14.3. The molecule has 1 aliphatic heterocycles. The molecule has 0 fully saturated rings. The highest BCUT2D eigenvalue weighted by Crippen LogP contribution is 2.22. The van der Waals surface area contributed by atoms with E-state index in [9.17, 15) is 0 Å². The van der Waals surface area contributed by atoms with Crippen LogP contribution >= 0.6 is 0 Å². The molecule has 0 aliphatic carbocycles. The minimum atomic E-state index is 0.612. The van der Waals surface area contributed by atoms with Crippen LogP contribution in [0.15, 0.2) is 24.4 Å². The SMILES string of the molecule is CCCc1ncc2c(n1)CCN(COc1cccc(C)c1C)C2. The quantitative estimate of drug-likeness (QED) is 0.848. The van der Waals surface area contributed by atoms with Gasteiger partial charge in [0.15, 0.2) is 0 Å². The van der Waals surface area contributed by atoms with Crippen molar-refractivity contribution in [3.63, 3.8) is 0 Å². The third-order valence-electron chi connectivity index (χ3n) is 4.49. The summed E-state index contributed by atoms with van der Waals surface area (Å²) in [6.07, 6.45) is 5.03. The molecule has 1 aromatic heterocycles. The minimum Gasteiger partial charge on any atom is -0.478 e. The normalized spacial score (nSPS) is 14.6. The monoisotopic (exact) mass is 311 g/mol. The fraction of sp³-hybridized carbons (Fsp3) is 0.474. The summed E-state index contributed by atoms with van der Waals surface area (Å²) in [4.78, 5) is 11.5. The van der Waals surface area contributed by atoms with E-state index in [4.69, 9.17) is 9.72 Å². The summed E-state index contributed by atoms with van der Waals surface area (Å²) in [5.74, 6) is 1.96. The smallest absolute Gasteiger partial charge is 0.142 e. The van der Waals surface area contributed by atoms with Gasteiger partial charge in [0.05, 0.1) is 0 Å². The van der Waals surface area contributed by atoms with E-state index in [0.29, 0.717) is 6.73 Å². The predicted octanol–water partition coefficient (Wildman–Crippen LogP) is 3.44. The van der Waals surface area contributed by atoms with Gasteiger partial charge in [-0.3, -0.25) is 4.90 Å². The lowest BCUT2D eigenvalue weighted by Gasteiger charge is -2.28. The predicted molar refractivity (Wildman–Crippen MR) is 91.6 cm³/mol. The Balaban J connectivity index is 1.62. The first-order valence-corrected chi connectivity index (χ1v) is 8.42. The molecule has 0 radical (unpaired) electrons. The number of fused-ring (bicyclic) bond motifs is 1. The zero-order chi connectivity index (χ0) is 16.2. The molecular weight excluding hydrogens is 286 g/mol. The van der Waals surface area contributed by atoms with Crippen LogP contribution in [0, 0.1) is 13.8 Å². The van der Waals surface area contributed by atoms with Gasteiger partial charge in [0.2, 0.25) is 0 Å². The maximum atomic E-state index is 6.02. The summed E-state index contributed by atoms with van der Waals surface area (Å²) in [5, 5.41) is 0. The Morgan fingerprint density at radius 1 is 1.26 bits per heavy atom. The van der Waals surface area contributed by atoms with Crippen LogP contribution in [0.4, 0.5) is 0 Å². The number of nitrogens with zero attached hydrogens (tertiary/aromatic N) is 3. The molecule has 23 heavy (non-hydrogen) atoms. The van der Waals surface area contributed by atoms with Gasteiger partial charge >= 0.3 is 0 Å². The van der Waals surface area contributed by atoms with Crippen molar-refractivity contribution < 1.29 is 4.74 Å². The maximum Gasteiger partial charge on any atom is 0.142 e. The molecule has 2 aromatic rings. The summed E-state index contributed by atoms with van der Waals surface area (Å²) in [6.45, 7) is 8.85. The Hall–Kier alpha value is -1.94. The Morgan fingerprint density at radius 3 is 2.96 bits per heavy atom. The van der Waals surface area contributed by atoms with Crippen LogP contribution in [0.3, 0.4) is 0 Å². The first-order chi connectivity index (χ1) is 11.2. The molecule has 0 bridgehead atoms. The number of aryl methyl sites for hydroxylation is 2. The minimum absolute atomic E-state index is 0.612. The van der Waals surface area contributed by atoms with Crippen LogP contribution in [0.1, 0.15) is 41.6 Å². The van der Waals surface area contributed by atoms with E-state index in [1.54, 1.807) is 0 Å². The average molecular weight is 311 g/mol. The standard InChI is InChI=1S/C19H25N3O/c1-4-6-19-20-11-16-12-22(10-9-17(16)21-19)13-23-18-8-5-7-14(2)15(18)3/h5,7-8,11H,4,6,9-10,12-13H2,1-3H3. The second kappa shape index (κ2) is 7.09. The largest absolute Gasteiger partial charge is 0.478 e. The summed E-state index contributed by atoms with van der Waals surface area (Å²) >= 11 is 0. The highest BCUT2D eigenvalue weighted by atomic mass is 16.5. The van der Waals surface area contributed by atoms with E-state index in [2.05, 4.69) is 36.7 Å². The van der Waals surface area contributed by atoms with Crippen molar-refractivity contribution in [2.45, 2.75) is 46.6 Å². The van der Waals surface area contributed by atoms with Crippen LogP contribution < -0.4 is 4.74 Å². The molecule has 2 heterocycles. The topological polar surface area (TPSA) is 38.2 Å². The molecule has 0 N–H and O–H groups in total. The molecule has 0 saturated carbocycles. The Morgan fingerprint density at radius 2 is 2.13 bits per heavy atom. The van der Waals surface area contributed by atoms with Crippen molar-refractivity contribution in [2.24, 2.45) is 0 Å². The lowest BCUT2D eigenvalue weighted by molar-refractivity contribution is 0.112. The van der Waals surface area contributed by atoms with Gasteiger partial charge in [-0.2, -0.15) is 0 Å². The van der Waals surface area contributed by atoms with E-state index in [1.807, 2.05) is 18.3 Å². The molecule has 0 unspecified atom stereocenters. The van der Waals surface area contributed by atoms with Crippen molar-refractivity contribution in [1.29, 1.82) is 0 Å². The maximum absolute atomic E-state index is 6.02. The number of rotatable bonds is 5. The second-order valence-corrected chi connectivity index (χ2v) is 6.28. The van der Waals surface area contributed by atoms with Crippen molar-refractivity contribution in [1.82, 2.24) is 14.9 Å². The first kappa shape index (κ1) is 15.9. The molecular formula is C19H25N3O. The second-order valence-electron chi connectivity index (χ2n) is 6.28. The zero-order valence-electron chi connectivity index (χ0n) is 14.3. The van der Waals surface area contributed by atoms with Crippen LogP contribution in [-0.2, 0) is 19.4 Å². The third kappa shape index (κ3) is 3.70. The number of hydrogen-bond donors (Lipinski definition) is 0. The molecule has 1 aromatic carbocycles. The molecule has 0 spiro atoms. The van der Waals surface area contributed by atoms with Crippen LogP contribution in [0.5, 0.6) is 5.75 Å². The average Bonchev–Trinajstić information content (AvgIpc) is 2.56. The van der Waals surface area contributed by atoms with E-state index in [1.165, 1.54) is 22.4 Å². The fourth-order valence-corrected chi connectivity index (χ4v) is 2.91. The van der Waals surface area contributed by atoms with Gasteiger partial charge in [-0.15, -0.1) is 0 Å². The van der Waals surface area contributed by atoms with Gasteiger partial charge < -0.3 is 4.74 Å². The van der Waals surface area contributed by atoms with Gasteiger partial charge in [0.25, 0.3) is 0 Å². The fourth-order valence-electron chi connectivity index (χ4n) is 2.91. The summed E-state index contributed by atoms with van der Waals surface area (Å²) in [7, 11) is 0. The Bertz CT molecular complexity index is 684. The molecule has 122 valence electrons. The van der Waals surface area contributed by atoms with Gasteiger partial charge in [-0.05, 0) is 37.5 Å². The Kier molecular flexibility index (Phi) is 4.91. The molecule has 0 amide bonds. The van der Waals surface area contributed by atoms with Gasteiger partial charge in [-0.25, -0.2) is 9.97 Å². The lowest BCUT2D eigenvalue weighted by atomic mass is 10.1. The first-order valence-electron chi connectivity index (χ1n) is 8.42. The molecule has 4 heteroatoms. The number of ether oxygens (including phenoxy) is 1. The highest BCUT2D eigenvalue weighted by Gasteiger charge is 2.18. The number of benzene rings is 1. The van der Waals surface area contributed by atoms with Crippen molar-refractivity contribution >= 4 is 0 Å². The highest BCUT2D eigenvalue weighted by molar-refractivity contribution is 5.38. The Labute approximate surface area is 138 Å². The third-order valence-corrected chi connectivity index (χ3v) is 4.49. The molecule has 0 saturated heterocycles. The molecule has 3 rings (SSSR count).